The monoisotopic (exact) mass is 300 g/mol. The number of nitrogens with two attached hydrogens (primary N) is 1. The predicted molar refractivity (Wildman–Crippen MR) is 85.7 cm³/mol. The summed E-state index contributed by atoms with van der Waals surface area (Å²) in [7, 11) is 1.50. The molecule has 0 aliphatic rings. The first-order chi connectivity index (χ1) is 9.76. The minimum Gasteiger partial charge on any atom is -0.444 e. The highest BCUT2D eigenvalue weighted by atomic mass is 19.1. The van der Waals surface area contributed by atoms with Gasteiger partial charge in [0.25, 0.3) is 0 Å². The van der Waals surface area contributed by atoms with Gasteiger partial charge < -0.3 is 15.8 Å². The molecule has 5 heteroatoms. The molecule has 0 saturated heterocycles. The summed E-state index contributed by atoms with van der Waals surface area (Å²) in [6.45, 7) is 11.4. The maximum Gasteiger partial charge on any atom is 0.407 e. The van der Waals surface area contributed by atoms with Crippen LogP contribution in [0.25, 0.3) is 0 Å². The fraction of sp³-hybridized carbons (Fsp3) is 0.562. The van der Waals surface area contributed by atoms with Crippen LogP contribution in [0.15, 0.2) is 18.2 Å². The number of halogens is 1. The van der Waals surface area contributed by atoms with E-state index in [9.17, 15) is 9.18 Å². The summed E-state index contributed by atoms with van der Waals surface area (Å²) in [5, 5.41) is 2.58. The number of alkyl carbamates (subject to hydrolysis) is 1. The van der Waals surface area contributed by atoms with Gasteiger partial charge in [0.1, 0.15) is 11.4 Å². The summed E-state index contributed by atoms with van der Waals surface area (Å²) in [6.07, 6.45) is -0.501. The second-order valence-corrected chi connectivity index (χ2v) is 4.99. The number of benzene rings is 1. The minimum absolute atomic E-state index is 0.257. The molecular weight excluding hydrogens is 271 g/mol. The smallest absolute Gasteiger partial charge is 0.407 e. The van der Waals surface area contributed by atoms with Crippen molar-refractivity contribution in [1.82, 2.24) is 5.32 Å². The molecule has 0 aliphatic heterocycles. The molecule has 1 aromatic rings. The van der Waals surface area contributed by atoms with Gasteiger partial charge in [-0.3, -0.25) is 0 Å². The highest BCUT2D eigenvalue weighted by Crippen LogP contribution is 2.09. The van der Waals surface area contributed by atoms with Gasteiger partial charge in [0.05, 0.1) is 0 Å². The molecule has 1 amide bonds. The van der Waals surface area contributed by atoms with E-state index in [2.05, 4.69) is 11.1 Å². The van der Waals surface area contributed by atoms with E-state index in [0.29, 0.717) is 5.56 Å². The van der Waals surface area contributed by atoms with Crippen LogP contribution < -0.4 is 11.1 Å². The highest BCUT2D eigenvalue weighted by Gasteiger charge is 2.15. The van der Waals surface area contributed by atoms with Gasteiger partial charge >= 0.3 is 6.09 Å². The Kier molecular flexibility index (Phi) is 11.4. The number of aryl methyl sites for hydroxylation is 1. The van der Waals surface area contributed by atoms with Crippen LogP contribution >= 0.6 is 0 Å². The summed E-state index contributed by atoms with van der Waals surface area (Å²) >= 11 is 0. The minimum atomic E-state index is -0.526. The fourth-order valence-electron chi connectivity index (χ4n) is 1.40. The number of rotatable bonds is 2. The first-order valence-electron chi connectivity index (χ1n) is 7.07. The molecule has 1 aromatic carbocycles. The van der Waals surface area contributed by atoms with Crippen molar-refractivity contribution in [2.75, 3.05) is 7.05 Å². The number of hydrogen-bond acceptors (Lipinski definition) is 3. The largest absolute Gasteiger partial charge is 0.444 e. The van der Waals surface area contributed by atoms with Crippen molar-refractivity contribution in [3.8, 4) is 0 Å². The van der Waals surface area contributed by atoms with Crippen LogP contribution in [-0.4, -0.2) is 18.7 Å². The lowest BCUT2D eigenvalue weighted by atomic mass is 10.1. The van der Waals surface area contributed by atoms with Gasteiger partial charge in [0, 0.05) is 6.54 Å². The van der Waals surface area contributed by atoms with E-state index in [0.717, 1.165) is 5.56 Å². The molecule has 0 aromatic heterocycles. The zero-order chi connectivity index (χ0) is 17.1. The number of ether oxygens (including phenoxy) is 1. The number of hydrogen-bond donors (Lipinski definition) is 2. The highest BCUT2D eigenvalue weighted by molar-refractivity contribution is 5.67. The van der Waals surface area contributed by atoms with Crippen LogP contribution in [0.3, 0.4) is 0 Å². The van der Waals surface area contributed by atoms with Crippen molar-refractivity contribution in [1.29, 1.82) is 0 Å². The third kappa shape index (κ3) is 11.9. The molecule has 0 atom stereocenters. The maximum atomic E-state index is 13.1. The Bertz CT molecular complexity index is 395. The molecule has 0 heterocycles. The van der Waals surface area contributed by atoms with Gasteiger partial charge in [-0.2, -0.15) is 0 Å². The lowest BCUT2D eigenvalue weighted by Crippen LogP contribution is -2.32. The quantitative estimate of drug-likeness (QED) is 0.874. The number of amides is 1. The summed E-state index contributed by atoms with van der Waals surface area (Å²) in [5.41, 5.74) is 5.52. The van der Waals surface area contributed by atoms with Crippen LogP contribution in [0.5, 0.6) is 0 Å². The van der Waals surface area contributed by atoms with Gasteiger partial charge in [-0.25, -0.2) is 9.18 Å². The Balaban J connectivity index is 0. The van der Waals surface area contributed by atoms with E-state index in [4.69, 9.17) is 4.74 Å². The van der Waals surface area contributed by atoms with Crippen molar-refractivity contribution < 1.29 is 13.9 Å². The van der Waals surface area contributed by atoms with Crippen molar-refractivity contribution in [2.24, 2.45) is 5.73 Å². The van der Waals surface area contributed by atoms with E-state index in [-0.39, 0.29) is 12.4 Å². The summed E-state index contributed by atoms with van der Waals surface area (Å²) < 4.78 is 18.2. The number of carbonyl (C=O) groups excluding carboxylic acids is 1. The third-order valence-electron chi connectivity index (χ3n) is 1.94. The predicted octanol–water partition coefficient (Wildman–Crippen LogP) is 3.76. The standard InChI is InChI=1S/C13H18FNO2.C2H6.CH5N/c1-9-5-10(7-11(14)6-9)8-15-12(16)17-13(2,3)4;2*1-2/h5-7H,8H2,1-4H3,(H,15,16);1-2H3;2H2,1H3. The van der Waals surface area contributed by atoms with Gasteiger partial charge in [0.2, 0.25) is 0 Å². The zero-order valence-corrected chi connectivity index (χ0v) is 14.2. The lowest BCUT2D eigenvalue weighted by Gasteiger charge is -2.19. The number of nitrogens with one attached hydrogen (secondary N) is 1. The molecule has 1 rings (SSSR count). The number of carbonyl (C=O) groups is 1. The Morgan fingerprint density at radius 2 is 1.76 bits per heavy atom. The van der Waals surface area contributed by atoms with E-state index >= 15 is 0 Å². The molecule has 3 N–H and O–H groups in total. The molecule has 0 fully saturated rings. The topological polar surface area (TPSA) is 64.3 Å². The Labute approximate surface area is 127 Å². The molecule has 0 aliphatic carbocycles. The second kappa shape index (κ2) is 11.1. The van der Waals surface area contributed by atoms with Gasteiger partial charge in [-0.1, -0.05) is 19.9 Å². The van der Waals surface area contributed by atoms with Crippen LogP contribution in [0.1, 0.15) is 45.7 Å². The molecular formula is C16H29FN2O2. The SMILES string of the molecule is CC.CN.Cc1cc(F)cc(CNC(=O)OC(C)(C)C)c1. The second-order valence-electron chi connectivity index (χ2n) is 4.99. The molecule has 21 heavy (non-hydrogen) atoms. The molecule has 0 saturated carbocycles. The molecule has 122 valence electrons. The van der Waals surface area contributed by atoms with E-state index < -0.39 is 11.7 Å². The van der Waals surface area contributed by atoms with Gasteiger partial charge in [0.15, 0.2) is 0 Å². The maximum absolute atomic E-state index is 13.1. The third-order valence-corrected chi connectivity index (χ3v) is 1.94. The molecule has 0 radical (unpaired) electrons. The van der Waals surface area contributed by atoms with Crippen molar-refractivity contribution in [2.45, 2.75) is 53.7 Å². The molecule has 0 unspecified atom stereocenters. The van der Waals surface area contributed by atoms with E-state index in [1.54, 1.807) is 27.7 Å². The summed E-state index contributed by atoms with van der Waals surface area (Å²) in [4.78, 5) is 11.4. The average molecular weight is 300 g/mol. The first-order valence-corrected chi connectivity index (χ1v) is 7.07. The summed E-state index contributed by atoms with van der Waals surface area (Å²) in [5.74, 6) is -0.300. The average Bonchev–Trinajstić information content (AvgIpc) is 2.38. The van der Waals surface area contributed by atoms with E-state index in [1.807, 2.05) is 19.9 Å². The van der Waals surface area contributed by atoms with E-state index in [1.165, 1.54) is 19.2 Å². The van der Waals surface area contributed by atoms with Crippen LogP contribution in [0, 0.1) is 12.7 Å². The Morgan fingerprint density at radius 1 is 1.24 bits per heavy atom. The fourth-order valence-corrected chi connectivity index (χ4v) is 1.40. The van der Waals surface area contributed by atoms with Gasteiger partial charge in [-0.15, -0.1) is 0 Å². The zero-order valence-electron chi connectivity index (χ0n) is 14.2. The molecule has 0 spiro atoms. The molecule has 4 nitrogen and oxygen atoms in total. The van der Waals surface area contributed by atoms with Crippen molar-refractivity contribution in [3.05, 3.63) is 35.1 Å². The Hall–Kier alpha value is -1.62. The van der Waals surface area contributed by atoms with Crippen LogP contribution in [0.2, 0.25) is 0 Å². The van der Waals surface area contributed by atoms with Crippen molar-refractivity contribution >= 4 is 6.09 Å². The Morgan fingerprint density at radius 3 is 2.19 bits per heavy atom. The normalized spacial score (nSPS) is 9.57. The van der Waals surface area contributed by atoms with Gasteiger partial charge in [-0.05, 0) is 58.0 Å². The first kappa shape index (κ1) is 21.7. The molecule has 0 bridgehead atoms. The summed E-state index contributed by atoms with van der Waals surface area (Å²) in [6, 6.07) is 4.65. The van der Waals surface area contributed by atoms with Crippen LogP contribution in [-0.2, 0) is 11.3 Å². The van der Waals surface area contributed by atoms with Crippen LogP contribution in [0.4, 0.5) is 9.18 Å². The lowest BCUT2D eigenvalue weighted by molar-refractivity contribution is 0.0523. The van der Waals surface area contributed by atoms with Crippen molar-refractivity contribution in [3.63, 3.8) is 0 Å².